The molecule has 0 N–H and O–H groups in total. The van der Waals surface area contributed by atoms with E-state index in [0.717, 1.165) is 19.9 Å². The van der Waals surface area contributed by atoms with E-state index in [1.54, 1.807) is 0 Å². The highest BCUT2D eigenvalue weighted by molar-refractivity contribution is 6.33. The van der Waals surface area contributed by atoms with Gasteiger partial charge in [-0.15, -0.1) is 10.2 Å². The summed E-state index contributed by atoms with van der Waals surface area (Å²) < 4.78 is 40.1. The van der Waals surface area contributed by atoms with Gasteiger partial charge in [0.15, 0.2) is 0 Å². The standard InChI is InChI=1S/C17H14ClF3N6O2/c1-25-13(17(19,20)21)7-14(28)27(16(25)29)10-4-5-12(18)11(6-10)15-22-24-26(23-15)8-9-2-3-9/h4-7,9H,2-3,8H2,1H3. The summed E-state index contributed by atoms with van der Waals surface area (Å²) in [6.45, 7) is 0.628. The number of alkyl halides is 3. The topological polar surface area (TPSA) is 87.6 Å². The molecule has 1 aliphatic carbocycles. The Labute approximate surface area is 166 Å². The van der Waals surface area contributed by atoms with Gasteiger partial charge in [-0.3, -0.25) is 9.36 Å². The molecular formula is C17H14ClF3N6O2. The molecule has 0 saturated heterocycles. The summed E-state index contributed by atoms with van der Waals surface area (Å²) in [4.78, 5) is 26.2. The van der Waals surface area contributed by atoms with Crippen LogP contribution in [0.3, 0.4) is 0 Å². The lowest BCUT2D eigenvalue weighted by Gasteiger charge is -2.14. The predicted molar refractivity (Wildman–Crippen MR) is 96.8 cm³/mol. The largest absolute Gasteiger partial charge is 0.431 e. The van der Waals surface area contributed by atoms with Gasteiger partial charge in [-0.05, 0) is 42.2 Å². The molecule has 2 aromatic heterocycles. The van der Waals surface area contributed by atoms with Crippen molar-refractivity contribution < 1.29 is 13.2 Å². The van der Waals surface area contributed by atoms with Crippen LogP contribution in [0.15, 0.2) is 33.9 Å². The first-order valence-corrected chi connectivity index (χ1v) is 9.01. The Bertz CT molecular complexity index is 1210. The Kier molecular flexibility index (Phi) is 4.56. The van der Waals surface area contributed by atoms with Crippen LogP contribution in [-0.2, 0) is 19.8 Å². The molecule has 0 bridgehead atoms. The first-order valence-electron chi connectivity index (χ1n) is 8.63. The normalized spacial score (nSPS) is 14.4. The second-order valence-electron chi connectivity index (χ2n) is 6.82. The Hall–Kier alpha value is -2.95. The molecule has 0 spiro atoms. The van der Waals surface area contributed by atoms with Crippen molar-refractivity contribution in [3.63, 3.8) is 0 Å². The van der Waals surface area contributed by atoms with Crippen LogP contribution in [0.25, 0.3) is 17.1 Å². The lowest BCUT2D eigenvalue weighted by atomic mass is 10.2. The minimum absolute atomic E-state index is 0.0438. The molecule has 3 aromatic rings. The molecule has 0 atom stereocenters. The van der Waals surface area contributed by atoms with Crippen LogP contribution in [0.2, 0.25) is 5.02 Å². The molecule has 1 aromatic carbocycles. The molecule has 152 valence electrons. The van der Waals surface area contributed by atoms with Crippen molar-refractivity contribution in [1.29, 1.82) is 0 Å². The van der Waals surface area contributed by atoms with Crippen molar-refractivity contribution in [3.8, 4) is 17.1 Å². The fourth-order valence-corrected chi connectivity index (χ4v) is 3.12. The van der Waals surface area contributed by atoms with Crippen LogP contribution < -0.4 is 11.2 Å². The van der Waals surface area contributed by atoms with Gasteiger partial charge in [0, 0.05) is 18.7 Å². The van der Waals surface area contributed by atoms with Gasteiger partial charge in [-0.25, -0.2) is 9.36 Å². The summed E-state index contributed by atoms with van der Waals surface area (Å²) in [6, 6.07) is 4.52. The highest BCUT2D eigenvalue weighted by Crippen LogP contribution is 2.31. The maximum absolute atomic E-state index is 13.0. The Morgan fingerprint density at radius 2 is 1.93 bits per heavy atom. The summed E-state index contributed by atoms with van der Waals surface area (Å²) in [5, 5.41) is 12.4. The van der Waals surface area contributed by atoms with E-state index in [1.807, 2.05) is 0 Å². The number of halogens is 4. The number of rotatable bonds is 4. The smallest absolute Gasteiger partial charge is 0.292 e. The van der Waals surface area contributed by atoms with E-state index in [-0.39, 0.29) is 16.5 Å². The average molecular weight is 427 g/mol. The molecule has 2 heterocycles. The lowest BCUT2D eigenvalue weighted by molar-refractivity contribution is -0.144. The summed E-state index contributed by atoms with van der Waals surface area (Å²) >= 11 is 6.20. The van der Waals surface area contributed by atoms with Gasteiger partial charge < -0.3 is 0 Å². The summed E-state index contributed by atoms with van der Waals surface area (Å²) in [5.41, 5.74) is -3.23. The van der Waals surface area contributed by atoms with E-state index < -0.39 is 23.1 Å². The van der Waals surface area contributed by atoms with E-state index in [1.165, 1.54) is 23.0 Å². The van der Waals surface area contributed by atoms with Crippen LogP contribution in [0.5, 0.6) is 0 Å². The molecular weight excluding hydrogens is 413 g/mol. The third-order valence-corrected chi connectivity index (χ3v) is 4.96. The van der Waals surface area contributed by atoms with E-state index in [2.05, 4.69) is 15.4 Å². The van der Waals surface area contributed by atoms with Gasteiger partial charge >= 0.3 is 11.9 Å². The third-order valence-electron chi connectivity index (χ3n) is 4.63. The number of hydrogen-bond donors (Lipinski definition) is 0. The highest BCUT2D eigenvalue weighted by atomic mass is 35.5. The highest BCUT2D eigenvalue weighted by Gasteiger charge is 2.35. The van der Waals surface area contributed by atoms with E-state index in [9.17, 15) is 22.8 Å². The van der Waals surface area contributed by atoms with Crippen LogP contribution >= 0.6 is 11.6 Å². The number of aromatic nitrogens is 6. The van der Waals surface area contributed by atoms with E-state index in [0.29, 0.717) is 33.2 Å². The van der Waals surface area contributed by atoms with E-state index >= 15 is 0 Å². The van der Waals surface area contributed by atoms with Crippen LogP contribution in [0.4, 0.5) is 13.2 Å². The number of hydrogen-bond acceptors (Lipinski definition) is 5. The van der Waals surface area contributed by atoms with Gasteiger partial charge in [0.05, 0.1) is 17.3 Å². The van der Waals surface area contributed by atoms with Crippen LogP contribution in [0, 0.1) is 5.92 Å². The Morgan fingerprint density at radius 1 is 1.21 bits per heavy atom. The molecule has 0 amide bonds. The quantitative estimate of drug-likeness (QED) is 0.638. The summed E-state index contributed by atoms with van der Waals surface area (Å²) in [5.74, 6) is 0.710. The van der Waals surface area contributed by atoms with Crippen LogP contribution in [-0.4, -0.2) is 29.3 Å². The minimum Gasteiger partial charge on any atom is -0.292 e. The van der Waals surface area contributed by atoms with Gasteiger partial charge in [-0.1, -0.05) is 11.6 Å². The second-order valence-corrected chi connectivity index (χ2v) is 7.23. The third kappa shape index (κ3) is 3.69. The van der Waals surface area contributed by atoms with Gasteiger partial charge in [-0.2, -0.15) is 18.0 Å². The maximum atomic E-state index is 13.0. The first-order chi connectivity index (χ1) is 13.6. The molecule has 1 fully saturated rings. The average Bonchev–Trinajstić information content (AvgIpc) is 3.34. The fraction of sp³-hybridized carbons (Fsp3) is 0.353. The van der Waals surface area contributed by atoms with Gasteiger partial charge in [0.1, 0.15) is 5.69 Å². The van der Waals surface area contributed by atoms with Crippen molar-refractivity contribution in [1.82, 2.24) is 29.3 Å². The van der Waals surface area contributed by atoms with Gasteiger partial charge in [0.25, 0.3) is 5.56 Å². The minimum atomic E-state index is -4.83. The Balaban J connectivity index is 1.80. The molecule has 1 saturated carbocycles. The number of tetrazole rings is 1. The maximum Gasteiger partial charge on any atom is 0.431 e. The number of benzene rings is 1. The van der Waals surface area contributed by atoms with Crippen molar-refractivity contribution in [3.05, 3.63) is 55.8 Å². The van der Waals surface area contributed by atoms with Crippen molar-refractivity contribution >= 4 is 11.6 Å². The predicted octanol–water partition coefficient (Wildman–Crippen LogP) is 2.27. The summed E-state index contributed by atoms with van der Waals surface area (Å²) in [6.07, 6.45) is -2.62. The molecule has 4 rings (SSSR count). The lowest BCUT2D eigenvalue weighted by Crippen LogP contribution is -2.40. The fourth-order valence-electron chi connectivity index (χ4n) is 2.92. The zero-order valence-electron chi connectivity index (χ0n) is 15.0. The molecule has 1 aliphatic rings. The SMILES string of the molecule is Cn1c(C(F)(F)F)cc(=O)n(-c2ccc(Cl)c(-c3nnn(CC4CC4)n3)c2)c1=O. The van der Waals surface area contributed by atoms with Crippen molar-refractivity contribution in [2.75, 3.05) is 0 Å². The Morgan fingerprint density at radius 3 is 2.59 bits per heavy atom. The molecule has 0 unspecified atom stereocenters. The van der Waals surface area contributed by atoms with Crippen LogP contribution in [0.1, 0.15) is 18.5 Å². The van der Waals surface area contributed by atoms with Crippen molar-refractivity contribution in [2.45, 2.75) is 25.6 Å². The van der Waals surface area contributed by atoms with E-state index in [4.69, 9.17) is 11.6 Å². The van der Waals surface area contributed by atoms with Gasteiger partial charge in [0.2, 0.25) is 5.82 Å². The number of nitrogens with zero attached hydrogens (tertiary/aromatic N) is 6. The molecule has 8 nitrogen and oxygen atoms in total. The molecule has 0 aliphatic heterocycles. The zero-order chi connectivity index (χ0) is 20.9. The molecule has 12 heteroatoms. The molecule has 29 heavy (non-hydrogen) atoms. The molecule has 0 radical (unpaired) electrons. The summed E-state index contributed by atoms with van der Waals surface area (Å²) in [7, 11) is 0.947. The first kappa shape index (κ1) is 19.4. The monoisotopic (exact) mass is 426 g/mol. The second kappa shape index (κ2) is 6.83. The zero-order valence-corrected chi connectivity index (χ0v) is 15.8. The van der Waals surface area contributed by atoms with Crippen molar-refractivity contribution in [2.24, 2.45) is 13.0 Å².